The Morgan fingerprint density at radius 1 is 1.16 bits per heavy atom. The highest BCUT2D eigenvalue weighted by Gasteiger charge is 2.33. The first-order chi connectivity index (χ1) is 15.3. The van der Waals surface area contributed by atoms with E-state index in [1.807, 2.05) is 4.90 Å². The van der Waals surface area contributed by atoms with E-state index in [1.54, 1.807) is 25.1 Å². The lowest BCUT2D eigenvalue weighted by Crippen LogP contribution is -2.53. The maximum Gasteiger partial charge on any atom is 0.271 e. The summed E-state index contributed by atoms with van der Waals surface area (Å²) < 4.78 is 35.9. The first kappa shape index (κ1) is 22.2. The van der Waals surface area contributed by atoms with E-state index < -0.39 is 21.0 Å². The third kappa shape index (κ3) is 4.32. The van der Waals surface area contributed by atoms with Crippen LogP contribution in [-0.4, -0.2) is 69.4 Å². The highest BCUT2D eigenvalue weighted by Crippen LogP contribution is 2.25. The molecule has 0 aliphatic carbocycles. The number of nitrogens with one attached hydrogen (secondary N) is 1. The van der Waals surface area contributed by atoms with Crippen molar-refractivity contribution in [3.8, 4) is 0 Å². The van der Waals surface area contributed by atoms with E-state index in [0.717, 1.165) is 11.7 Å². The van der Waals surface area contributed by atoms with Crippen molar-refractivity contribution >= 4 is 50.1 Å². The fraction of sp³-hybridized carbons (Fsp3) is 0.316. The maximum atomic E-state index is 13.1. The van der Waals surface area contributed by atoms with Gasteiger partial charge in [-0.25, -0.2) is 8.42 Å². The molecule has 1 N–H and O–H groups in total. The number of non-ortho nitro benzene ring substituents is 1. The molecule has 4 rings (SSSR count). The van der Waals surface area contributed by atoms with E-state index in [4.69, 9.17) is 0 Å². The number of piperazine rings is 1. The number of hydrogen-bond acceptors (Lipinski definition) is 9. The van der Waals surface area contributed by atoms with Crippen LogP contribution in [0.25, 0.3) is 11.0 Å². The molecule has 1 saturated heterocycles. The highest BCUT2D eigenvalue weighted by atomic mass is 32.2. The molecule has 0 saturated carbocycles. The Morgan fingerprint density at radius 3 is 2.59 bits per heavy atom. The molecule has 0 spiro atoms. The molecule has 2 aromatic carbocycles. The number of nitro groups is 1. The molecule has 0 radical (unpaired) electrons. The van der Waals surface area contributed by atoms with Crippen molar-refractivity contribution in [2.24, 2.45) is 0 Å². The number of hydrogen-bond donors (Lipinski definition) is 1. The van der Waals surface area contributed by atoms with Gasteiger partial charge in [0.15, 0.2) is 0 Å². The summed E-state index contributed by atoms with van der Waals surface area (Å²) in [4.78, 5) is 25.0. The normalized spacial score (nSPS) is 16.7. The highest BCUT2D eigenvalue weighted by molar-refractivity contribution is 7.89. The molecule has 32 heavy (non-hydrogen) atoms. The van der Waals surface area contributed by atoms with E-state index >= 15 is 0 Å². The molecule has 1 aliphatic heterocycles. The van der Waals surface area contributed by atoms with Crippen molar-refractivity contribution in [3.63, 3.8) is 0 Å². The molecule has 2 heterocycles. The predicted molar refractivity (Wildman–Crippen MR) is 119 cm³/mol. The predicted octanol–water partition coefficient (Wildman–Crippen LogP) is 1.93. The number of amides is 1. The zero-order chi connectivity index (χ0) is 22.9. The van der Waals surface area contributed by atoms with Crippen LogP contribution in [-0.2, 0) is 14.8 Å². The fourth-order valence-electron chi connectivity index (χ4n) is 3.57. The standard InChI is InChI=1S/C19H20N6O5S2/c1-13(19(26)20-14-4-2-5-15(12-14)25(27)28)23-8-10-24(11-9-23)32(29,30)17-7-3-6-16-18(17)22-31-21-16/h2-7,12-13H,8-11H2,1H3,(H,20,26). The largest absolute Gasteiger partial charge is 0.324 e. The van der Waals surface area contributed by atoms with Crippen molar-refractivity contribution in [1.29, 1.82) is 0 Å². The minimum Gasteiger partial charge on any atom is -0.324 e. The Morgan fingerprint density at radius 2 is 1.88 bits per heavy atom. The summed E-state index contributed by atoms with van der Waals surface area (Å²) in [5.74, 6) is -0.319. The Labute approximate surface area is 188 Å². The van der Waals surface area contributed by atoms with Crippen molar-refractivity contribution in [1.82, 2.24) is 18.0 Å². The number of benzene rings is 2. The van der Waals surface area contributed by atoms with Crippen LogP contribution in [0.2, 0.25) is 0 Å². The van der Waals surface area contributed by atoms with Gasteiger partial charge in [-0.3, -0.25) is 19.8 Å². The van der Waals surface area contributed by atoms with Gasteiger partial charge in [0, 0.05) is 44.0 Å². The third-order valence-electron chi connectivity index (χ3n) is 5.39. The van der Waals surface area contributed by atoms with Crippen molar-refractivity contribution in [2.45, 2.75) is 17.9 Å². The first-order valence-electron chi connectivity index (χ1n) is 9.78. The number of aromatic nitrogens is 2. The number of sulfonamides is 1. The molecule has 3 aromatic rings. The minimum atomic E-state index is -3.74. The van der Waals surface area contributed by atoms with E-state index in [1.165, 1.54) is 28.6 Å². The van der Waals surface area contributed by atoms with Crippen LogP contribution in [0, 0.1) is 10.1 Å². The molecule has 0 bridgehead atoms. The number of fused-ring (bicyclic) bond motifs is 1. The molecule has 1 fully saturated rings. The molecule has 13 heteroatoms. The molecule has 1 atom stereocenters. The monoisotopic (exact) mass is 476 g/mol. The Hall–Kier alpha value is -3.00. The summed E-state index contributed by atoms with van der Waals surface area (Å²) in [6.07, 6.45) is 0. The third-order valence-corrected chi connectivity index (χ3v) is 7.86. The Kier molecular flexibility index (Phi) is 6.15. The van der Waals surface area contributed by atoms with E-state index in [9.17, 15) is 23.3 Å². The second-order valence-corrected chi connectivity index (χ2v) is 9.74. The number of nitrogens with zero attached hydrogens (tertiary/aromatic N) is 5. The van der Waals surface area contributed by atoms with Crippen molar-refractivity contribution < 1.29 is 18.1 Å². The second kappa shape index (κ2) is 8.86. The number of nitro benzene ring substituents is 1. The van der Waals surface area contributed by atoms with Gasteiger partial charge in [-0.15, -0.1) is 0 Å². The molecule has 11 nitrogen and oxygen atoms in total. The van der Waals surface area contributed by atoms with Gasteiger partial charge in [0.2, 0.25) is 15.9 Å². The number of carbonyl (C=O) groups excluding carboxylic acids is 1. The van der Waals surface area contributed by atoms with Crippen molar-refractivity contribution in [3.05, 3.63) is 52.6 Å². The average molecular weight is 477 g/mol. The Bertz CT molecular complexity index is 1270. The van der Waals surface area contributed by atoms with Crippen LogP contribution in [0.15, 0.2) is 47.4 Å². The zero-order valence-electron chi connectivity index (χ0n) is 17.0. The molecule has 168 valence electrons. The smallest absolute Gasteiger partial charge is 0.271 e. The van der Waals surface area contributed by atoms with Crippen LogP contribution in [0.1, 0.15) is 6.92 Å². The number of anilines is 1. The number of rotatable bonds is 6. The summed E-state index contributed by atoms with van der Waals surface area (Å²) in [7, 11) is -3.74. The van der Waals surface area contributed by atoms with Crippen molar-refractivity contribution in [2.75, 3.05) is 31.5 Å². The summed E-state index contributed by atoms with van der Waals surface area (Å²) >= 11 is 0.967. The molecule has 1 amide bonds. The lowest BCUT2D eigenvalue weighted by molar-refractivity contribution is -0.384. The lowest BCUT2D eigenvalue weighted by atomic mass is 10.2. The van der Waals surface area contributed by atoms with Crippen LogP contribution < -0.4 is 5.32 Å². The zero-order valence-corrected chi connectivity index (χ0v) is 18.7. The van der Waals surface area contributed by atoms with Crippen LogP contribution in [0.3, 0.4) is 0 Å². The van der Waals surface area contributed by atoms with Gasteiger partial charge in [-0.2, -0.15) is 13.1 Å². The molecule has 1 unspecified atom stereocenters. The molecular formula is C19H20N6O5S2. The topological polar surface area (TPSA) is 139 Å². The number of carbonyl (C=O) groups is 1. The van der Waals surface area contributed by atoms with Gasteiger partial charge in [0.25, 0.3) is 5.69 Å². The van der Waals surface area contributed by atoms with Gasteiger partial charge in [-0.05, 0) is 25.1 Å². The maximum absolute atomic E-state index is 13.1. The summed E-state index contributed by atoms with van der Waals surface area (Å²) in [6.45, 7) is 2.91. The second-order valence-electron chi connectivity index (χ2n) is 7.30. The first-order valence-corrected chi connectivity index (χ1v) is 12.0. The van der Waals surface area contributed by atoms with Gasteiger partial charge >= 0.3 is 0 Å². The van der Waals surface area contributed by atoms with E-state index in [-0.39, 0.29) is 29.6 Å². The molecule has 1 aromatic heterocycles. The van der Waals surface area contributed by atoms with Crippen LogP contribution >= 0.6 is 11.7 Å². The summed E-state index contributed by atoms with van der Waals surface area (Å²) in [5.41, 5.74) is 1.13. The van der Waals surface area contributed by atoms with Gasteiger partial charge in [0.1, 0.15) is 15.9 Å². The summed E-state index contributed by atoms with van der Waals surface area (Å²) in [5, 5.41) is 13.6. The fourth-order valence-corrected chi connectivity index (χ4v) is 5.74. The van der Waals surface area contributed by atoms with Gasteiger partial charge in [-0.1, -0.05) is 12.1 Å². The summed E-state index contributed by atoms with van der Waals surface area (Å²) in [6, 6.07) is 10.1. The Balaban J connectivity index is 1.41. The lowest BCUT2D eigenvalue weighted by Gasteiger charge is -2.36. The van der Waals surface area contributed by atoms with Crippen LogP contribution in [0.4, 0.5) is 11.4 Å². The molecule has 1 aliphatic rings. The van der Waals surface area contributed by atoms with E-state index in [0.29, 0.717) is 29.8 Å². The molecular weight excluding hydrogens is 456 g/mol. The minimum absolute atomic E-state index is 0.111. The van der Waals surface area contributed by atoms with E-state index in [2.05, 4.69) is 14.1 Å². The van der Waals surface area contributed by atoms with Crippen LogP contribution in [0.5, 0.6) is 0 Å². The average Bonchev–Trinajstić information content (AvgIpc) is 3.27. The van der Waals surface area contributed by atoms with Gasteiger partial charge < -0.3 is 5.32 Å². The quantitative estimate of drug-likeness (QED) is 0.421. The SMILES string of the molecule is CC(C(=O)Nc1cccc([N+](=O)[O-])c1)N1CCN(S(=O)(=O)c2cccc3nsnc23)CC1. The van der Waals surface area contributed by atoms with Gasteiger partial charge in [0.05, 0.1) is 22.7 Å².